The lowest BCUT2D eigenvalue weighted by Gasteiger charge is -2.40. The highest BCUT2D eigenvalue weighted by molar-refractivity contribution is 5.95. The number of hydrogen-bond acceptors (Lipinski definition) is 3. The molecule has 0 aromatic rings. The van der Waals surface area contributed by atoms with Gasteiger partial charge in [-0.05, 0) is 84.5 Å². The lowest BCUT2D eigenvalue weighted by molar-refractivity contribution is 0.162. The first-order chi connectivity index (χ1) is 17.8. The topological polar surface area (TPSA) is 27.6 Å². The Morgan fingerprint density at radius 1 is 1.16 bits per heavy atom. The lowest BCUT2D eigenvalue weighted by atomic mass is 9.71. The molecule has 3 nitrogen and oxygen atoms in total. The number of piperidine rings is 1. The van der Waals surface area contributed by atoms with E-state index in [0.29, 0.717) is 11.3 Å². The fraction of sp³-hybridized carbons (Fsp3) is 0.571. The number of nitrogens with one attached hydrogen (secondary N) is 1. The molecule has 0 spiro atoms. The Morgan fingerprint density at radius 3 is 2.55 bits per heavy atom. The van der Waals surface area contributed by atoms with Gasteiger partial charge in [-0.2, -0.15) is 0 Å². The van der Waals surface area contributed by atoms with Crippen molar-refractivity contribution in [2.45, 2.75) is 93.9 Å². The fourth-order valence-corrected chi connectivity index (χ4v) is 6.03. The van der Waals surface area contributed by atoms with E-state index in [2.05, 4.69) is 87.0 Å². The third-order valence-corrected chi connectivity index (χ3v) is 9.20. The van der Waals surface area contributed by atoms with Crippen LogP contribution in [0.15, 0.2) is 87.8 Å². The third kappa shape index (κ3) is 6.35. The maximum absolute atomic E-state index is 4.94. The van der Waals surface area contributed by atoms with Crippen LogP contribution in [0.25, 0.3) is 0 Å². The van der Waals surface area contributed by atoms with Gasteiger partial charge in [-0.25, -0.2) is 0 Å². The zero-order valence-electron chi connectivity index (χ0n) is 24.3. The summed E-state index contributed by atoms with van der Waals surface area (Å²) in [6, 6.07) is 0. The number of amidine groups is 1. The van der Waals surface area contributed by atoms with E-state index >= 15 is 0 Å². The van der Waals surface area contributed by atoms with Crippen LogP contribution in [0.5, 0.6) is 0 Å². The van der Waals surface area contributed by atoms with Crippen molar-refractivity contribution in [3.8, 4) is 0 Å². The van der Waals surface area contributed by atoms with Crippen molar-refractivity contribution in [1.82, 2.24) is 10.2 Å². The van der Waals surface area contributed by atoms with Gasteiger partial charge >= 0.3 is 0 Å². The monoisotopic (exact) mass is 517 g/mol. The Labute approximate surface area is 235 Å². The van der Waals surface area contributed by atoms with Crippen LogP contribution in [0.2, 0.25) is 0 Å². The summed E-state index contributed by atoms with van der Waals surface area (Å²) in [6.07, 6.45) is 25.1. The summed E-state index contributed by atoms with van der Waals surface area (Å²) in [6.45, 7) is 20.9. The molecule has 2 unspecified atom stereocenters. The van der Waals surface area contributed by atoms with Crippen molar-refractivity contribution >= 4 is 5.84 Å². The van der Waals surface area contributed by atoms with E-state index in [1.165, 1.54) is 60.8 Å². The molecular weight excluding hydrogens is 462 g/mol. The van der Waals surface area contributed by atoms with E-state index in [1.54, 1.807) is 0 Å². The summed E-state index contributed by atoms with van der Waals surface area (Å²) in [5, 5.41) is 3.66. The average molecular weight is 518 g/mol. The number of likely N-dealkylation sites (tertiary alicyclic amines) is 1. The summed E-state index contributed by atoms with van der Waals surface area (Å²) in [5.74, 6) is 1.52. The van der Waals surface area contributed by atoms with Gasteiger partial charge in [0.25, 0.3) is 0 Å². The van der Waals surface area contributed by atoms with Crippen molar-refractivity contribution in [2.75, 3.05) is 19.6 Å². The van der Waals surface area contributed by atoms with Crippen molar-refractivity contribution < 1.29 is 1.43 Å². The van der Waals surface area contributed by atoms with E-state index in [-0.39, 0.29) is 14.3 Å². The van der Waals surface area contributed by atoms with Crippen LogP contribution in [0, 0.1) is 16.7 Å². The normalized spacial score (nSPS) is 27.6. The zero-order chi connectivity index (χ0) is 26.6. The first-order valence-corrected chi connectivity index (χ1v) is 14.8. The van der Waals surface area contributed by atoms with E-state index < -0.39 is 0 Å². The number of nitrogens with zero attached hydrogens (tertiary/aromatic N) is 2. The molecule has 1 saturated heterocycles. The molecule has 2 atom stereocenters. The smallest absolute Gasteiger partial charge is 0.123 e. The molecule has 3 aliphatic carbocycles. The molecule has 5 aliphatic rings. The lowest BCUT2D eigenvalue weighted by Crippen LogP contribution is -2.42. The van der Waals surface area contributed by atoms with Crippen molar-refractivity contribution in [1.29, 1.82) is 0 Å². The quantitative estimate of drug-likeness (QED) is 0.393. The molecule has 3 heteroatoms. The highest BCUT2D eigenvalue weighted by Gasteiger charge is 2.32. The van der Waals surface area contributed by atoms with Gasteiger partial charge in [-0.1, -0.05) is 86.3 Å². The van der Waals surface area contributed by atoms with Gasteiger partial charge in [0.2, 0.25) is 0 Å². The van der Waals surface area contributed by atoms with Crippen LogP contribution in [0.1, 0.15) is 95.3 Å². The Balaban J connectivity index is 0.00000130. The van der Waals surface area contributed by atoms with E-state index in [1.807, 2.05) is 13.8 Å². The predicted octanol–water partition coefficient (Wildman–Crippen LogP) is 9.31. The molecule has 0 saturated carbocycles. The average Bonchev–Trinajstić information content (AvgIpc) is 3.46. The van der Waals surface area contributed by atoms with Crippen LogP contribution in [0.4, 0.5) is 0 Å². The maximum atomic E-state index is 4.94. The summed E-state index contributed by atoms with van der Waals surface area (Å²) in [5.41, 5.74) is 8.38. The highest BCUT2D eigenvalue weighted by atomic mass is 15.2. The van der Waals surface area contributed by atoms with Gasteiger partial charge < -0.3 is 10.2 Å². The molecule has 2 heterocycles. The highest BCUT2D eigenvalue weighted by Crippen LogP contribution is 2.44. The van der Waals surface area contributed by atoms with Gasteiger partial charge in [-0.3, -0.25) is 4.99 Å². The van der Waals surface area contributed by atoms with Gasteiger partial charge in [0, 0.05) is 43.8 Å². The van der Waals surface area contributed by atoms with E-state index in [4.69, 9.17) is 4.99 Å². The minimum Gasteiger partial charge on any atom is -0.357 e. The number of hydrogen-bond donors (Lipinski definition) is 1. The molecular formula is C35H55N3. The second kappa shape index (κ2) is 12.5. The zero-order valence-corrected chi connectivity index (χ0v) is 24.3. The fourth-order valence-electron chi connectivity index (χ4n) is 6.03. The van der Waals surface area contributed by atoms with Gasteiger partial charge in [-0.15, -0.1) is 0 Å². The molecule has 0 amide bonds. The predicted molar refractivity (Wildman–Crippen MR) is 169 cm³/mol. The molecule has 210 valence electrons. The minimum absolute atomic E-state index is 0. The molecule has 2 aliphatic heterocycles. The second-order valence-electron chi connectivity index (χ2n) is 11.9. The first kappa shape index (κ1) is 30.0. The standard InChI is InChI=1S/C32H43N3.C2H6.CH4.H2/c1-6-31(4)15-17-35(18-16-31)30-21-29(23(2)22-33-30)24(3)34-28-12-14-32(5)13-11-26(19-27(32)20-28)25-9-7-8-10-25;1-2;;/h9,11-12,14,19-21,23,34H,3,6-8,10,13,15-18,22H2,1-2,4-5H3;1-2H3;1H4;1H. The third-order valence-electron chi connectivity index (χ3n) is 9.20. The van der Waals surface area contributed by atoms with Crippen molar-refractivity contribution in [3.05, 3.63) is 82.8 Å². The molecule has 5 rings (SSSR count). The van der Waals surface area contributed by atoms with Crippen molar-refractivity contribution in [2.24, 2.45) is 21.7 Å². The number of allylic oxidation sites excluding steroid dienone is 10. The number of dihydropyridines is 1. The maximum Gasteiger partial charge on any atom is 0.123 e. The SMILES string of the molecule is C.C=C(NC1=CC2=CC(C3=CCCC3)=CCC2(C)C=C1)C1=CC(N2CCC(C)(CC)CC2)=NCC1C.CC.[HH]. The molecule has 38 heavy (non-hydrogen) atoms. The number of rotatable bonds is 5. The Morgan fingerprint density at radius 2 is 1.89 bits per heavy atom. The van der Waals surface area contributed by atoms with E-state index in [9.17, 15) is 0 Å². The summed E-state index contributed by atoms with van der Waals surface area (Å²) < 4.78 is 0. The Bertz CT molecular complexity index is 1100. The summed E-state index contributed by atoms with van der Waals surface area (Å²) in [4.78, 5) is 7.43. The molecule has 1 fully saturated rings. The van der Waals surface area contributed by atoms with Gasteiger partial charge in [0.1, 0.15) is 5.84 Å². The Hall–Kier alpha value is -2.55. The molecule has 0 aromatic heterocycles. The summed E-state index contributed by atoms with van der Waals surface area (Å²) in [7, 11) is 0. The van der Waals surface area contributed by atoms with Crippen LogP contribution in [-0.2, 0) is 0 Å². The van der Waals surface area contributed by atoms with Crippen LogP contribution in [-0.4, -0.2) is 30.4 Å². The van der Waals surface area contributed by atoms with Crippen LogP contribution in [0.3, 0.4) is 0 Å². The molecule has 0 radical (unpaired) electrons. The van der Waals surface area contributed by atoms with Crippen LogP contribution >= 0.6 is 0 Å². The molecule has 0 bridgehead atoms. The van der Waals surface area contributed by atoms with Crippen molar-refractivity contribution in [3.63, 3.8) is 0 Å². The number of fused-ring (bicyclic) bond motifs is 1. The largest absolute Gasteiger partial charge is 0.357 e. The van der Waals surface area contributed by atoms with Crippen LogP contribution < -0.4 is 5.32 Å². The summed E-state index contributed by atoms with van der Waals surface area (Å²) >= 11 is 0. The number of aliphatic imine (C=N–C) groups is 1. The first-order valence-electron chi connectivity index (χ1n) is 14.8. The van der Waals surface area contributed by atoms with E-state index in [0.717, 1.165) is 43.3 Å². The van der Waals surface area contributed by atoms with Gasteiger partial charge in [0.05, 0.1) is 0 Å². The van der Waals surface area contributed by atoms with Gasteiger partial charge in [0.15, 0.2) is 0 Å². The molecule has 1 N–H and O–H groups in total. The molecule has 0 aromatic carbocycles. The minimum atomic E-state index is 0. The Kier molecular flexibility index (Phi) is 9.90. The second-order valence-corrected chi connectivity index (χ2v) is 11.9.